The fraction of sp³-hybridized carbons (Fsp3) is 0.222. The van der Waals surface area contributed by atoms with Gasteiger partial charge in [0, 0.05) is 17.8 Å². The molecular formula is C27H26F2N4O3S. The van der Waals surface area contributed by atoms with Crippen molar-refractivity contribution in [1.29, 1.82) is 0 Å². The van der Waals surface area contributed by atoms with Crippen LogP contribution in [0, 0.1) is 11.6 Å². The van der Waals surface area contributed by atoms with E-state index in [0.717, 1.165) is 17.8 Å². The van der Waals surface area contributed by atoms with Crippen molar-refractivity contribution in [2.75, 3.05) is 12.4 Å². The van der Waals surface area contributed by atoms with Gasteiger partial charge in [-0.15, -0.1) is 10.2 Å². The second-order valence-electron chi connectivity index (χ2n) is 8.08. The third-order valence-corrected chi connectivity index (χ3v) is 6.80. The van der Waals surface area contributed by atoms with E-state index in [2.05, 4.69) is 15.5 Å². The van der Waals surface area contributed by atoms with E-state index in [9.17, 15) is 13.6 Å². The van der Waals surface area contributed by atoms with Crippen molar-refractivity contribution >= 4 is 23.4 Å². The predicted octanol–water partition coefficient (Wildman–Crippen LogP) is 6.20. The molecule has 0 aliphatic heterocycles. The number of aromatic nitrogens is 3. The summed E-state index contributed by atoms with van der Waals surface area (Å²) in [5.74, 6) is -0.174. The summed E-state index contributed by atoms with van der Waals surface area (Å²) in [7, 11) is 1.59. The molecule has 1 N–H and O–H groups in total. The summed E-state index contributed by atoms with van der Waals surface area (Å²) in [5.41, 5.74) is 0.710. The zero-order valence-corrected chi connectivity index (χ0v) is 21.3. The molecule has 0 saturated carbocycles. The van der Waals surface area contributed by atoms with Crippen LogP contribution in [-0.4, -0.2) is 33.0 Å². The Hall–Kier alpha value is -3.92. The van der Waals surface area contributed by atoms with Gasteiger partial charge in [-0.2, -0.15) is 0 Å². The number of nitrogens with zero attached hydrogens (tertiary/aromatic N) is 3. The number of anilines is 1. The number of halogens is 2. The Morgan fingerprint density at radius 2 is 1.78 bits per heavy atom. The Labute approximate surface area is 217 Å². The first kappa shape index (κ1) is 26.2. The molecule has 1 amide bonds. The van der Waals surface area contributed by atoms with Gasteiger partial charge in [0.25, 0.3) is 0 Å². The molecule has 2 atom stereocenters. The van der Waals surface area contributed by atoms with Crippen molar-refractivity contribution in [2.45, 2.75) is 36.8 Å². The highest BCUT2D eigenvalue weighted by Gasteiger charge is 2.26. The Bertz CT molecular complexity index is 1370. The van der Waals surface area contributed by atoms with Gasteiger partial charge in [-0.3, -0.25) is 9.36 Å². The van der Waals surface area contributed by atoms with Gasteiger partial charge in [-0.25, -0.2) is 8.78 Å². The van der Waals surface area contributed by atoms with E-state index in [4.69, 9.17) is 9.47 Å². The normalized spacial score (nSPS) is 12.6. The molecule has 3 aromatic carbocycles. The monoisotopic (exact) mass is 524 g/mol. The molecule has 0 bridgehead atoms. The molecule has 7 nitrogen and oxygen atoms in total. The van der Waals surface area contributed by atoms with Crippen LogP contribution < -0.4 is 14.8 Å². The van der Waals surface area contributed by atoms with E-state index >= 15 is 0 Å². The highest BCUT2D eigenvalue weighted by Crippen LogP contribution is 2.32. The maximum Gasteiger partial charge on any atom is 0.238 e. The number of hydrogen-bond acceptors (Lipinski definition) is 6. The Kier molecular flexibility index (Phi) is 8.39. The fourth-order valence-electron chi connectivity index (χ4n) is 3.63. The van der Waals surface area contributed by atoms with Crippen LogP contribution in [0.1, 0.15) is 32.2 Å². The number of carbonyl (C=O) groups is 1. The van der Waals surface area contributed by atoms with E-state index in [-0.39, 0.29) is 5.69 Å². The molecule has 4 aromatic rings. The lowest BCUT2D eigenvalue weighted by atomic mass is 10.2. The molecule has 0 aliphatic rings. The predicted molar refractivity (Wildman–Crippen MR) is 138 cm³/mol. The molecule has 0 aliphatic carbocycles. The number of thioether (sulfide) groups is 1. The number of methoxy groups -OCH3 is 1. The van der Waals surface area contributed by atoms with Crippen LogP contribution >= 0.6 is 11.8 Å². The van der Waals surface area contributed by atoms with E-state index in [0.29, 0.717) is 28.9 Å². The topological polar surface area (TPSA) is 78.3 Å². The Morgan fingerprint density at radius 1 is 1.03 bits per heavy atom. The first-order valence-corrected chi connectivity index (χ1v) is 12.5. The maximum atomic E-state index is 14.1. The SMILES string of the molecule is CCC(Sc1nnc(C(C)Oc2cccc(OC)c2)n1-c1ccccc1)C(=O)Nc1ccc(F)cc1F. The molecule has 4 rings (SSSR count). The summed E-state index contributed by atoms with van der Waals surface area (Å²) in [5, 5.41) is 11.2. The van der Waals surface area contributed by atoms with Crippen LogP contribution in [0.3, 0.4) is 0 Å². The van der Waals surface area contributed by atoms with Gasteiger partial charge in [-0.05, 0) is 49.7 Å². The molecule has 1 heterocycles. The van der Waals surface area contributed by atoms with E-state index < -0.39 is 28.9 Å². The summed E-state index contributed by atoms with van der Waals surface area (Å²) in [4.78, 5) is 13.0. The van der Waals surface area contributed by atoms with Crippen molar-refractivity contribution in [3.05, 3.63) is 90.3 Å². The number of rotatable bonds is 10. The van der Waals surface area contributed by atoms with Gasteiger partial charge in [-0.1, -0.05) is 43.0 Å². The maximum absolute atomic E-state index is 14.1. The number of para-hydroxylation sites is 1. The summed E-state index contributed by atoms with van der Waals surface area (Å²) >= 11 is 1.20. The van der Waals surface area contributed by atoms with Gasteiger partial charge in [0.05, 0.1) is 18.0 Å². The Morgan fingerprint density at radius 3 is 2.49 bits per heavy atom. The zero-order valence-electron chi connectivity index (χ0n) is 20.5. The third-order valence-electron chi connectivity index (χ3n) is 5.49. The number of benzene rings is 3. The molecule has 1 aromatic heterocycles. The summed E-state index contributed by atoms with van der Waals surface area (Å²) in [6, 6.07) is 19.8. The largest absolute Gasteiger partial charge is 0.497 e. The molecular weight excluding hydrogens is 498 g/mol. The highest BCUT2D eigenvalue weighted by atomic mass is 32.2. The van der Waals surface area contributed by atoms with Crippen molar-refractivity contribution in [3.8, 4) is 17.2 Å². The van der Waals surface area contributed by atoms with Crippen LogP contribution in [0.4, 0.5) is 14.5 Å². The van der Waals surface area contributed by atoms with E-state index in [1.54, 1.807) is 13.2 Å². The zero-order chi connectivity index (χ0) is 26.4. The fourth-order valence-corrected chi connectivity index (χ4v) is 4.60. The number of nitrogens with one attached hydrogen (secondary N) is 1. The minimum absolute atomic E-state index is 0.0871. The lowest BCUT2D eigenvalue weighted by molar-refractivity contribution is -0.115. The van der Waals surface area contributed by atoms with Gasteiger partial charge in [0.15, 0.2) is 17.1 Å². The lowest BCUT2D eigenvalue weighted by Crippen LogP contribution is -2.25. The second-order valence-corrected chi connectivity index (χ2v) is 9.25. The lowest BCUT2D eigenvalue weighted by Gasteiger charge is -2.18. The van der Waals surface area contributed by atoms with Crippen LogP contribution in [0.2, 0.25) is 0 Å². The van der Waals surface area contributed by atoms with E-state index in [1.807, 2.05) is 66.9 Å². The minimum atomic E-state index is -0.841. The number of hydrogen-bond donors (Lipinski definition) is 1. The number of ether oxygens (including phenoxy) is 2. The highest BCUT2D eigenvalue weighted by molar-refractivity contribution is 8.00. The summed E-state index contributed by atoms with van der Waals surface area (Å²) < 4.78 is 40.6. The summed E-state index contributed by atoms with van der Waals surface area (Å²) in [6.45, 7) is 3.70. The quantitative estimate of drug-likeness (QED) is 0.249. The molecule has 192 valence electrons. The van der Waals surface area contributed by atoms with Gasteiger partial charge >= 0.3 is 0 Å². The van der Waals surface area contributed by atoms with Crippen molar-refractivity contribution in [3.63, 3.8) is 0 Å². The first-order chi connectivity index (χ1) is 17.9. The molecule has 0 saturated heterocycles. The van der Waals surface area contributed by atoms with Gasteiger partial charge in [0.1, 0.15) is 23.1 Å². The average molecular weight is 525 g/mol. The van der Waals surface area contributed by atoms with Crippen LogP contribution in [-0.2, 0) is 4.79 Å². The molecule has 0 spiro atoms. The van der Waals surface area contributed by atoms with Crippen LogP contribution in [0.5, 0.6) is 11.5 Å². The molecule has 10 heteroatoms. The van der Waals surface area contributed by atoms with Gasteiger partial charge < -0.3 is 14.8 Å². The molecule has 0 fully saturated rings. The van der Waals surface area contributed by atoms with Crippen molar-refractivity contribution in [1.82, 2.24) is 14.8 Å². The second kappa shape index (κ2) is 11.9. The van der Waals surface area contributed by atoms with Crippen LogP contribution in [0.15, 0.2) is 78.0 Å². The average Bonchev–Trinajstić information content (AvgIpc) is 3.33. The standard InChI is InChI=1S/C27H26F2N4O3S/c1-4-24(26(34)30-23-14-13-18(28)15-22(23)29)37-27-32-31-25(33(27)19-9-6-5-7-10-19)17(2)36-21-12-8-11-20(16-21)35-3/h5-17,24H,4H2,1-3H3,(H,30,34). The molecule has 37 heavy (non-hydrogen) atoms. The van der Waals surface area contributed by atoms with Gasteiger partial charge in [0.2, 0.25) is 5.91 Å². The van der Waals surface area contributed by atoms with Crippen LogP contribution in [0.25, 0.3) is 5.69 Å². The minimum Gasteiger partial charge on any atom is -0.497 e. The van der Waals surface area contributed by atoms with Crippen molar-refractivity contribution < 1.29 is 23.0 Å². The Balaban J connectivity index is 1.61. The first-order valence-electron chi connectivity index (χ1n) is 11.6. The smallest absolute Gasteiger partial charge is 0.238 e. The third kappa shape index (κ3) is 6.26. The molecule has 2 unspecified atom stereocenters. The number of amides is 1. The van der Waals surface area contributed by atoms with E-state index in [1.165, 1.54) is 17.8 Å². The summed E-state index contributed by atoms with van der Waals surface area (Å²) in [6.07, 6.45) is -0.0528. The number of carbonyl (C=O) groups excluding carboxylic acids is 1. The van der Waals surface area contributed by atoms with Crippen molar-refractivity contribution in [2.24, 2.45) is 0 Å². The molecule has 0 radical (unpaired) electrons.